The van der Waals surface area contributed by atoms with E-state index in [1.807, 2.05) is 18.2 Å². The Morgan fingerprint density at radius 3 is 1.69 bits per heavy atom. The van der Waals surface area contributed by atoms with Crippen molar-refractivity contribution in [2.75, 3.05) is 0 Å². The predicted octanol–water partition coefficient (Wildman–Crippen LogP) is 13.6. The maximum atomic E-state index is 6.45. The van der Waals surface area contributed by atoms with E-state index in [0.717, 1.165) is 65.9 Å². The van der Waals surface area contributed by atoms with Crippen LogP contribution in [0.2, 0.25) is 0 Å². The molecule has 256 valence electrons. The highest BCUT2D eigenvalue weighted by Gasteiger charge is 2.19. The molecule has 0 radical (unpaired) electrons. The molecule has 0 saturated heterocycles. The predicted molar refractivity (Wildman–Crippen MR) is 227 cm³/mol. The lowest BCUT2D eigenvalue weighted by Gasteiger charge is -2.13. The van der Waals surface area contributed by atoms with E-state index in [1.54, 1.807) is 0 Å². The lowest BCUT2D eigenvalue weighted by atomic mass is 9.93. The molecule has 0 saturated carbocycles. The zero-order chi connectivity index (χ0) is 36.3. The first-order valence-corrected chi connectivity index (χ1v) is 18.5. The SMILES string of the molecule is c1ccc(-c2ccc3oc4cccc(-c5nc(-c6ccc7ccccc7c6)nc(-c6ccc7ccc8cccc(-c9ccccc9)c8c7c6)n5)c4c3c2)cc1. The van der Waals surface area contributed by atoms with Crippen LogP contribution < -0.4 is 0 Å². The number of benzene rings is 9. The summed E-state index contributed by atoms with van der Waals surface area (Å²) in [5.41, 5.74) is 9.00. The molecule has 11 rings (SSSR count). The van der Waals surface area contributed by atoms with Crippen LogP contribution in [-0.4, -0.2) is 15.0 Å². The van der Waals surface area contributed by atoms with Gasteiger partial charge in [-0.1, -0.05) is 158 Å². The molecule has 0 bridgehead atoms. The Morgan fingerprint density at radius 2 is 0.873 bits per heavy atom. The Bertz CT molecular complexity index is 3260. The molecule has 0 aliphatic heterocycles. The van der Waals surface area contributed by atoms with Crippen molar-refractivity contribution in [2.45, 2.75) is 0 Å². The summed E-state index contributed by atoms with van der Waals surface area (Å²) in [6.07, 6.45) is 0. The Morgan fingerprint density at radius 1 is 0.291 bits per heavy atom. The summed E-state index contributed by atoms with van der Waals surface area (Å²) in [5.74, 6) is 1.82. The summed E-state index contributed by atoms with van der Waals surface area (Å²) in [6.45, 7) is 0. The fourth-order valence-corrected chi connectivity index (χ4v) is 8.01. The van der Waals surface area contributed by atoms with E-state index in [0.29, 0.717) is 17.5 Å². The highest BCUT2D eigenvalue weighted by atomic mass is 16.3. The Kier molecular flexibility index (Phi) is 7.14. The summed E-state index contributed by atoms with van der Waals surface area (Å²) >= 11 is 0. The van der Waals surface area contributed by atoms with E-state index >= 15 is 0 Å². The topological polar surface area (TPSA) is 51.8 Å². The quantitative estimate of drug-likeness (QED) is 0.168. The molecular weight excluding hydrogens is 671 g/mol. The standard InChI is InChI=1S/C51H31N3O/c1-3-11-32(12-4-1)38-27-28-45-44(30-38)48-42(19-10-20-46(48)55-45)51-53-49(39-25-21-33-13-7-8-16-37(33)29-39)52-50(54-51)40-26-23-35-22-24-36-17-9-18-41(47(36)43(35)31-40)34-14-5-2-6-15-34/h1-31H. The van der Waals surface area contributed by atoms with Gasteiger partial charge in [0, 0.05) is 27.5 Å². The molecular formula is C51H31N3O. The number of aromatic nitrogens is 3. The highest BCUT2D eigenvalue weighted by Crippen LogP contribution is 2.40. The molecule has 0 atom stereocenters. The maximum Gasteiger partial charge on any atom is 0.164 e. The number of nitrogens with zero attached hydrogens (tertiary/aromatic N) is 3. The van der Waals surface area contributed by atoms with Gasteiger partial charge < -0.3 is 4.42 Å². The van der Waals surface area contributed by atoms with E-state index in [2.05, 4.69) is 170 Å². The van der Waals surface area contributed by atoms with Crippen LogP contribution in [0.15, 0.2) is 192 Å². The van der Waals surface area contributed by atoms with Crippen molar-refractivity contribution in [1.29, 1.82) is 0 Å². The largest absolute Gasteiger partial charge is 0.456 e. The average molecular weight is 702 g/mol. The molecule has 2 heterocycles. The maximum absolute atomic E-state index is 6.45. The van der Waals surface area contributed by atoms with Crippen molar-refractivity contribution in [3.05, 3.63) is 188 Å². The Labute approximate surface area is 317 Å². The van der Waals surface area contributed by atoms with Crippen LogP contribution in [0, 0.1) is 0 Å². The van der Waals surface area contributed by atoms with Gasteiger partial charge in [-0.05, 0) is 84.9 Å². The second-order valence-corrected chi connectivity index (χ2v) is 14.0. The number of fused-ring (bicyclic) bond motifs is 7. The van der Waals surface area contributed by atoms with Crippen LogP contribution in [-0.2, 0) is 0 Å². The fourth-order valence-electron chi connectivity index (χ4n) is 8.01. The van der Waals surface area contributed by atoms with Gasteiger partial charge in [-0.25, -0.2) is 15.0 Å². The monoisotopic (exact) mass is 701 g/mol. The van der Waals surface area contributed by atoms with Crippen LogP contribution in [0.5, 0.6) is 0 Å². The smallest absolute Gasteiger partial charge is 0.164 e. The van der Waals surface area contributed by atoms with Gasteiger partial charge in [0.05, 0.1) is 0 Å². The molecule has 4 nitrogen and oxygen atoms in total. The van der Waals surface area contributed by atoms with Crippen LogP contribution in [0.25, 0.3) is 111 Å². The van der Waals surface area contributed by atoms with Crippen LogP contribution in [0.3, 0.4) is 0 Å². The zero-order valence-corrected chi connectivity index (χ0v) is 29.6. The Balaban J connectivity index is 1.16. The molecule has 0 spiro atoms. The third-order valence-corrected chi connectivity index (χ3v) is 10.7. The average Bonchev–Trinajstić information content (AvgIpc) is 3.64. The van der Waals surface area contributed by atoms with Crippen molar-refractivity contribution in [3.63, 3.8) is 0 Å². The van der Waals surface area contributed by atoms with Crippen LogP contribution in [0.1, 0.15) is 0 Å². The Hall–Kier alpha value is -7.43. The molecule has 0 unspecified atom stereocenters. The van der Waals surface area contributed by atoms with Crippen molar-refractivity contribution < 1.29 is 4.42 Å². The van der Waals surface area contributed by atoms with E-state index in [1.165, 1.54) is 27.3 Å². The number of furan rings is 1. The second-order valence-electron chi connectivity index (χ2n) is 14.0. The molecule has 9 aromatic carbocycles. The van der Waals surface area contributed by atoms with Gasteiger partial charge in [0.1, 0.15) is 11.2 Å². The lowest BCUT2D eigenvalue weighted by Crippen LogP contribution is -2.00. The summed E-state index contributed by atoms with van der Waals surface area (Å²) in [6, 6.07) is 65.8. The molecule has 0 amide bonds. The van der Waals surface area contributed by atoms with Gasteiger partial charge in [0.15, 0.2) is 17.5 Å². The first-order chi connectivity index (χ1) is 27.2. The first-order valence-electron chi connectivity index (χ1n) is 18.5. The van der Waals surface area contributed by atoms with Gasteiger partial charge in [0.25, 0.3) is 0 Å². The number of rotatable bonds is 5. The minimum atomic E-state index is 0.592. The third kappa shape index (κ3) is 5.34. The number of hydrogen-bond acceptors (Lipinski definition) is 4. The van der Waals surface area contributed by atoms with Crippen molar-refractivity contribution in [3.8, 4) is 56.4 Å². The summed E-state index contributed by atoms with van der Waals surface area (Å²) in [7, 11) is 0. The van der Waals surface area contributed by atoms with Gasteiger partial charge in [-0.3, -0.25) is 0 Å². The highest BCUT2D eigenvalue weighted by molar-refractivity contribution is 6.15. The summed E-state index contributed by atoms with van der Waals surface area (Å²) < 4.78 is 6.45. The first kappa shape index (κ1) is 31.1. The molecule has 0 aliphatic carbocycles. The minimum Gasteiger partial charge on any atom is -0.456 e. The van der Waals surface area contributed by atoms with Gasteiger partial charge >= 0.3 is 0 Å². The summed E-state index contributed by atoms with van der Waals surface area (Å²) in [5, 5.41) is 9.01. The van der Waals surface area contributed by atoms with Crippen LogP contribution >= 0.6 is 0 Å². The summed E-state index contributed by atoms with van der Waals surface area (Å²) in [4.78, 5) is 15.7. The van der Waals surface area contributed by atoms with Gasteiger partial charge in [-0.15, -0.1) is 0 Å². The van der Waals surface area contributed by atoms with Crippen molar-refractivity contribution >= 4 is 54.3 Å². The lowest BCUT2D eigenvalue weighted by molar-refractivity contribution is 0.669. The molecule has 0 fully saturated rings. The second kappa shape index (κ2) is 12.6. The molecule has 0 aliphatic rings. The van der Waals surface area contributed by atoms with E-state index in [9.17, 15) is 0 Å². The molecule has 11 aromatic rings. The zero-order valence-electron chi connectivity index (χ0n) is 29.6. The van der Waals surface area contributed by atoms with Crippen LogP contribution in [0.4, 0.5) is 0 Å². The van der Waals surface area contributed by atoms with Crippen molar-refractivity contribution in [2.24, 2.45) is 0 Å². The number of hydrogen-bond donors (Lipinski definition) is 0. The van der Waals surface area contributed by atoms with Gasteiger partial charge in [-0.2, -0.15) is 0 Å². The van der Waals surface area contributed by atoms with E-state index < -0.39 is 0 Å². The molecule has 2 aromatic heterocycles. The van der Waals surface area contributed by atoms with E-state index in [4.69, 9.17) is 19.4 Å². The minimum absolute atomic E-state index is 0.592. The molecule has 55 heavy (non-hydrogen) atoms. The third-order valence-electron chi connectivity index (χ3n) is 10.7. The molecule has 0 N–H and O–H groups in total. The van der Waals surface area contributed by atoms with Gasteiger partial charge in [0.2, 0.25) is 0 Å². The fraction of sp³-hybridized carbons (Fsp3) is 0. The normalized spacial score (nSPS) is 11.6. The van der Waals surface area contributed by atoms with E-state index in [-0.39, 0.29) is 0 Å². The molecule has 4 heteroatoms. The van der Waals surface area contributed by atoms with Crippen molar-refractivity contribution in [1.82, 2.24) is 15.0 Å².